The average molecular weight is 523 g/mol. The van der Waals surface area contributed by atoms with Crippen molar-refractivity contribution in [3.05, 3.63) is 95.1 Å². The molecule has 5 nitrogen and oxygen atoms in total. The molecule has 0 amide bonds. The number of aromatic hydroxyl groups is 1. The summed E-state index contributed by atoms with van der Waals surface area (Å²) in [6.07, 6.45) is 7.56. The van der Waals surface area contributed by atoms with Crippen LogP contribution in [0.25, 0.3) is 11.1 Å². The van der Waals surface area contributed by atoms with Gasteiger partial charge in [0, 0.05) is 25.3 Å². The first-order valence-corrected chi connectivity index (χ1v) is 14.4. The number of carboxylic acid groups (broad SMARTS) is 1. The Labute approximate surface area is 231 Å². The lowest BCUT2D eigenvalue weighted by molar-refractivity contribution is -0.139. The highest BCUT2D eigenvalue weighted by molar-refractivity contribution is 6.00. The number of likely N-dealkylation sites (tertiary alicyclic amines) is 1. The molecule has 0 saturated carbocycles. The SMILES string of the molecule is O=C(O)CN1CCCC2(CCN(c3ccc(C4=C(c5ccccc5)CCCc5cc(O)ccc54)cc3)CC2)C1. The predicted octanol–water partition coefficient (Wildman–Crippen LogP) is 6.45. The molecule has 3 aromatic carbocycles. The van der Waals surface area contributed by atoms with Crippen LogP contribution in [0.4, 0.5) is 5.69 Å². The summed E-state index contributed by atoms with van der Waals surface area (Å²) in [6.45, 7) is 4.01. The van der Waals surface area contributed by atoms with Crippen LogP contribution < -0.4 is 4.90 Å². The van der Waals surface area contributed by atoms with Gasteiger partial charge in [-0.3, -0.25) is 9.69 Å². The molecule has 0 radical (unpaired) electrons. The van der Waals surface area contributed by atoms with E-state index in [1.807, 2.05) is 12.1 Å². The molecule has 2 aliphatic heterocycles. The number of benzene rings is 3. The quantitative estimate of drug-likeness (QED) is 0.403. The minimum atomic E-state index is -0.719. The van der Waals surface area contributed by atoms with E-state index >= 15 is 0 Å². The zero-order valence-corrected chi connectivity index (χ0v) is 22.6. The van der Waals surface area contributed by atoms with Gasteiger partial charge in [0.05, 0.1) is 6.54 Å². The number of carbonyl (C=O) groups is 1. The molecule has 2 heterocycles. The number of nitrogens with zero attached hydrogens (tertiary/aromatic N) is 2. The molecule has 6 rings (SSSR count). The number of phenols is 1. The first-order valence-electron chi connectivity index (χ1n) is 14.4. The zero-order valence-electron chi connectivity index (χ0n) is 22.6. The first-order chi connectivity index (χ1) is 19.0. The van der Waals surface area contributed by atoms with Crippen molar-refractivity contribution >= 4 is 22.8 Å². The van der Waals surface area contributed by atoms with Crippen LogP contribution in [0.15, 0.2) is 72.8 Å². The van der Waals surface area contributed by atoms with E-state index in [4.69, 9.17) is 0 Å². The fourth-order valence-electron chi connectivity index (χ4n) is 7.15. The minimum absolute atomic E-state index is 0.163. The first kappa shape index (κ1) is 25.7. The largest absolute Gasteiger partial charge is 0.508 e. The molecular weight excluding hydrogens is 484 g/mol. The molecule has 1 aliphatic carbocycles. The van der Waals surface area contributed by atoms with Gasteiger partial charge in [-0.05, 0) is 115 Å². The molecule has 2 N–H and O–H groups in total. The third kappa shape index (κ3) is 5.46. The van der Waals surface area contributed by atoms with E-state index in [9.17, 15) is 15.0 Å². The summed E-state index contributed by atoms with van der Waals surface area (Å²) in [6, 6.07) is 25.6. The maximum Gasteiger partial charge on any atom is 0.317 e. The number of piperidine rings is 2. The summed E-state index contributed by atoms with van der Waals surface area (Å²) in [5.41, 5.74) is 9.09. The summed E-state index contributed by atoms with van der Waals surface area (Å²) >= 11 is 0. The molecule has 0 atom stereocenters. The summed E-state index contributed by atoms with van der Waals surface area (Å²) in [4.78, 5) is 15.9. The second-order valence-corrected chi connectivity index (χ2v) is 11.7. The van der Waals surface area contributed by atoms with Crippen LogP contribution in [0, 0.1) is 5.41 Å². The van der Waals surface area contributed by atoms with Crippen LogP contribution in [-0.2, 0) is 11.2 Å². The number of hydrogen-bond donors (Lipinski definition) is 2. The molecule has 2 fully saturated rings. The summed E-state index contributed by atoms with van der Waals surface area (Å²) in [7, 11) is 0. The monoisotopic (exact) mass is 522 g/mol. The summed E-state index contributed by atoms with van der Waals surface area (Å²) in [5, 5.41) is 19.5. The molecule has 202 valence electrons. The van der Waals surface area contributed by atoms with E-state index in [1.165, 1.54) is 45.5 Å². The van der Waals surface area contributed by atoms with E-state index in [0.717, 1.165) is 64.7 Å². The van der Waals surface area contributed by atoms with Gasteiger partial charge in [-0.25, -0.2) is 0 Å². The summed E-state index contributed by atoms with van der Waals surface area (Å²) in [5.74, 6) is -0.387. The molecule has 1 spiro atoms. The highest BCUT2D eigenvalue weighted by Crippen LogP contribution is 2.43. The zero-order chi connectivity index (χ0) is 26.8. The number of phenolic OH excluding ortho intramolecular Hbond substituents is 1. The third-order valence-electron chi connectivity index (χ3n) is 9.10. The van der Waals surface area contributed by atoms with Gasteiger partial charge in [0.1, 0.15) is 5.75 Å². The van der Waals surface area contributed by atoms with Gasteiger partial charge in [0.2, 0.25) is 0 Å². The number of fused-ring (bicyclic) bond motifs is 1. The Kier molecular flexibility index (Phi) is 7.18. The van der Waals surface area contributed by atoms with E-state index in [-0.39, 0.29) is 12.0 Å². The number of rotatable bonds is 5. The van der Waals surface area contributed by atoms with E-state index in [1.54, 1.807) is 0 Å². The second-order valence-electron chi connectivity index (χ2n) is 11.7. The molecule has 2 saturated heterocycles. The van der Waals surface area contributed by atoms with Crippen molar-refractivity contribution in [1.29, 1.82) is 0 Å². The number of aryl methyl sites for hydroxylation is 1. The lowest BCUT2D eigenvalue weighted by Gasteiger charge is -2.48. The molecule has 0 bridgehead atoms. The Morgan fingerprint density at radius 1 is 0.821 bits per heavy atom. The fraction of sp³-hybridized carbons (Fsp3) is 0.382. The number of hydrogen-bond acceptors (Lipinski definition) is 4. The Balaban J connectivity index is 1.26. The lowest BCUT2D eigenvalue weighted by atomic mass is 9.72. The van der Waals surface area contributed by atoms with Crippen molar-refractivity contribution in [2.75, 3.05) is 37.6 Å². The number of aliphatic carboxylic acids is 1. The number of allylic oxidation sites excluding steroid dienone is 1. The van der Waals surface area contributed by atoms with Gasteiger partial charge in [0.25, 0.3) is 0 Å². The van der Waals surface area contributed by atoms with Gasteiger partial charge in [-0.1, -0.05) is 48.5 Å². The van der Waals surface area contributed by atoms with Crippen molar-refractivity contribution in [3.8, 4) is 5.75 Å². The third-order valence-corrected chi connectivity index (χ3v) is 9.10. The van der Waals surface area contributed by atoms with Crippen molar-refractivity contribution in [2.24, 2.45) is 5.41 Å². The van der Waals surface area contributed by atoms with Gasteiger partial charge < -0.3 is 15.1 Å². The summed E-state index contributed by atoms with van der Waals surface area (Å²) < 4.78 is 0. The van der Waals surface area contributed by atoms with Crippen molar-refractivity contribution < 1.29 is 15.0 Å². The maximum absolute atomic E-state index is 11.3. The standard InChI is InChI=1S/C34H38N2O3/c37-29-14-15-31-27(22-29)8-4-9-30(25-6-2-1-3-7-25)33(31)26-10-12-28(13-11-26)36-20-17-34(18-21-36)16-5-19-35(24-34)23-32(38)39/h1-3,6-7,10-15,22,37H,4-5,8-9,16-21,23-24H2,(H,38,39). The number of carboxylic acids is 1. The van der Waals surface area contributed by atoms with Crippen molar-refractivity contribution in [2.45, 2.75) is 44.9 Å². The van der Waals surface area contributed by atoms with Crippen molar-refractivity contribution in [1.82, 2.24) is 4.90 Å². The van der Waals surface area contributed by atoms with Gasteiger partial charge in [-0.15, -0.1) is 0 Å². The van der Waals surface area contributed by atoms with Gasteiger partial charge in [-0.2, -0.15) is 0 Å². The Bertz CT molecular complexity index is 1350. The Morgan fingerprint density at radius 2 is 1.59 bits per heavy atom. The maximum atomic E-state index is 11.3. The van der Waals surface area contributed by atoms with E-state index in [2.05, 4.69) is 70.5 Å². The topological polar surface area (TPSA) is 64.0 Å². The molecule has 0 aromatic heterocycles. The van der Waals surface area contributed by atoms with Crippen LogP contribution in [0.1, 0.15) is 60.8 Å². The van der Waals surface area contributed by atoms with Gasteiger partial charge in [0.15, 0.2) is 0 Å². The average Bonchev–Trinajstić information content (AvgIpc) is 3.13. The molecule has 3 aromatic rings. The molecule has 0 unspecified atom stereocenters. The van der Waals surface area contributed by atoms with Crippen LogP contribution in [0.5, 0.6) is 5.75 Å². The Hall–Kier alpha value is -3.57. The Morgan fingerprint density at radius 3 is 2.33 bits per heavy atom. The van der Waals surface area contributed by atoms with Crippen LogP contribution in [0.2, 0.25) is 0 Å². The smallest absolute Gasteiger partial charge is 0.317 e. The second kappa shape index (κ2) is 10.9. The van der Waals surface area contributed by atoms with Crippen LogP contribution >= 0.6 is 0 Å². The molecule has 3 aliphatic rings. The van der Waals surface area contributed by atoms with E-state index in [0.29, 0.717) is 5.75 Å². The molecular formula is C34H38N2O3. The lowest BCUT2D eigenvalue weighted by Crippen LogP contribution is -2.50. The van der Waals surface area contributed by atoms with Crippen LogP contribution in [0.3, 0.4) is 0 Å². The predicted molar refractivity (Wildman–Crippen MR) is 157 cm³/mol. The minimum Gasteiger partial charge on any atom is -0.508 e. The highest BCUT2D eigenvalue weighted by atomic mass is 16.4. The van der Waals surface area contributed by atoms with Crippen LogP contribution in [-0.4, -0.2) is 53.8 Å². The number of anilines is 1. The van der Waals surface area contributed by atoms with Gasteiger partial charge >= 0.3 is 5.97 Å². The fourth-order valence-corrected chi connectivity index (χ4v) is 7.15. The van der Waals surface area contributed by atoms with Crippen molar-refractivity contribution in [3.63, 3.8) is 0 Å². The van der Waals surface area contributed by atoms with E-state index < -0.39 is 5.97 Å². The highest BCUT2D eigenvalue weighted by Gasteiger charge is 2.38. The molecule has 5 heteroatoms. The molecule has 39 heavy (non-hydrogen) atoms. The normalized spacial score (nSPS) is 19.5.